The van der Waals surface area contributed by atoms with Crippen molar-refractivity contribution >= 4 is 11.7 Å². The summed E-state index contributed by atoms with van der Waals surface area (Å²) in [6.45, 7) is 0.128. The first-order valence-corrected chi connectivity index (χ1v) is 5.12. The van der Waals surface area contributed by atoms with Gasteiger partial charge in [-0.3, -0.25) is 0 Å². The monoisotopic (exact) mass is 233 g/mol. The second kappa shape index (κ2) is 4.59. The van der Waals surface area contributed by atoms with E-state index in [1.807, 2.05) is 0 Å². The van der Waals surface area contributed by atoms with Gasteiger partial charge in [-0.15, -0.1) is 10.8 Å². The van der Waals surface area contributed by atoms with Crippen LogP contribution in [0.25, 0.3) is 11.3 Å². The van der Waals surface area contributed by atoms with Gasteiger partial charge in [0.2, 0.25) is 0 Å². The highest BCUT2D eigenvalue weighted by Gasteiger charge is 2.13. The first-order chi connectivity index (χ1) is 7.81. The van der Waals surface area contributed by atoms with Crippen molar-refractivity contribution in [3.63, 3.8) is 0 Å². The van der Waals surface area contributed by atoms with Crippen molar-refractivity contribution in [2.24, 2.45) is 0 Å². The van der Waals surface area contributed by atoms with Crippen LogP contribution in [0.5, 0.6) is 5.88 Å². The van der Waals surface area contributed by atoms with Crippen LogP contribution >= 0.6 is 11.7 Å². The summed E-state index contributed by atoms with van der Waals surface area (Å²) in [4.78, 5) is 0. The molecule has 2 aromatic heterocycles. The molecular formula is C10H7N3O2S. The van der Waals surface area contributed by atoms with Gasteiger partial charge in [0.25, 0.3) is 5.88 Å². The van der Waals surface area contributed by atoms with Gasteiger partial charge >= 0.3 is 0 Å². The van der Waals surface area contributed by atoms with E-state index in [1.54, 1.807) is 12.1 Å². The Balaban J connectivity index is 2.34. The zero-order valence-corrected chi connectivity index (χ0v) is 8.98. The van der Waals surface area contributed by atoms with Crippen molar-refractivity contribution < 1.29 is 9.47 Å². The molecule has 2 heterocycles. The quantitative estimate of drug-likeness (QED) is 0.448. The molecule has 0 N–H and O–H groups in total. The third-order valence-electron chi connectivity index (χ3n) is 1.80. The Morgan fingerprint density at radius 2 is 2.44 bits per heavy atom. The maximum absolute atomic E-state index is 11.1. The first-order valence-electron chi connectivity index (χ1n) is 4.39. The van der Waals surface area contributed by atoms with E-state index in [-0.39, 0.29) is 6.61 Å². The van der Waals surface area contributed by atoms with Crippen molar-refractivity contribution in [2.45, 2.75) is 0 Å². The standard InChI is InChI=1S/C10H7N3O2S/c1-2-6-15-10-9(11-16-12-10)8-4-3-5-13(14)7-8/h1,3-5,7H,6H2. The van der Waals surface area contributed by atoms with Gasteiger partial charge in [0.05, 0.1) is 17.3 Å². The van der Waals surface area contributed by atoms with Crippen LogP contribution in [-0.2, 0) is 0 Å². The summed E-state index contributed by atoms with van der Waals surface area (Å²) >= 11 is 1.01. The molecule has 0 aliphatic rings. The van der Waals surface area contributed by atoms with E-state index in [2.05, 4.69) is 14.7 Å². The molecule has 0 amide bonds. The zero-order valence-electron chi connectivity index (χ0n) is 8.16. The highest BCUT2D eigenvalue weighted by atomic mass is 32.1. The summed E-state index contributed by atoms with van der Waals surface area (Å²) in [5.41, 5.74) is 1.18. The summed E-state index contributed by atoms with van der Waals surface area (Å²) in [5.74, 6) is 2.70. The number of hydrogen-bond acceptors (Lipinski definition) is 5. The maximum atomic E-state index is 11.1. The van der Waals surface area contributed by atoms with Crippen LogP contribution < -0.4 is 9.47 Å². The summed E-state index contributed by atoms with van der Waals surface area (Å²) in [6.07, 6.45) is 7.88. The molecule has 0 unspecified atom stereocenters. The van der Waals surface area contributed by atoms with Crippen LogP contribution in [0.4, 0.5) is 0 Å². The van der Waals surface area contributed by atoms with Crippen LogP contribution in [0.2, 0.25) is 0 Å². The van der Waals surface area contributed by atoms with E-state index in [1.165, 1.54) is 12.4 Å². The van der Waals surface area contributed by atoms with Gasteiger partial charge in [-0.25, -0.2) is 0 Å². The van der Waals surface area contributed by atoms with Crippen molar-refractivity contribution in [2.75, 3.05) is 6.61 Å². The predicted octanol–water partition coefficient (Wildman–Crippen LogP) is 0.851. The summed E-state index contributed by atoms with van der Waals surface area (Å²) < 4.78 is 13.9. The van der Waals surface area contributed by atoms with E-state index < -0.39 is 0 Å². The van der Waals surface area contributed by atoms with Gasteiger partial charge in [-0.1, -0.05) is 5.92 Å². The lowest BCUT2D eigenvalue weighted by molar-refractivity contribution is -0.604. The lowest BCUT2D eigenvalue weighted by Gasteiger charge is -2.01. The number of nitrogens with zero attached hydrogens (tertiary/aromatic N) is 3. The lowest BCUT2D eigenvalue weighted by atomic mass is 10.2. The molecule has 0 atom stereocenters. The van der Waals surface area contributed by atoms with Crippen molar-refractivity contribution in [1.29, 1.82) is 0 Å². The maximum Gasteiger partial charge on any atom is 0.255 e. The molecule has 2 aromatic rings. The van der Waals surface area contributed by atoms with E-state index in [0.717, 1.165) is 11.7 Å². The summed E-state index contributed by atoms with van der Waals surface area (Å²) in [7, 11) is 0. The van der Waals surface area contributed by atoms with E-state index in [9.17, 15) is 5.21 Å². The number of ether oxygens (including phenoxy) is 1. The molecule has 0 aromatic carbocycles. The number of hydrogen-bond donors (Lipinski definition) is 0. The molecule has 0 radical (unpaired) electrons. The second-order valence-electron chi connectivity index (χ2n) is 2.86. The van der Waals surface area contributed by atoms with Gasteiger partial charge in [0.1, 0.15) is 0 Å². The van der Waals surface area contributed by atoms with E-state index >= 15 is 0 Å². The van der Waals surface area contributed by atoms with Gasteiger partial charge in [-0.05, 0) is 6.07 Å². The molecule has 0 aliphatic carbocycles. The normalized spacial score (nSPS) is 9.69. The Bertz CT molecular complexity index is 533. The average molecular weight is 233 g/mol. The SMILES string of the molecule is C#CCOc1nsnc1-c1ccc[n+]([O-])c1. The van der Waals surface area contributed by atoms with Crippen molar-refractivity contribution in [1.82, 2.24) is 8.75 Å². The molecule has 5 nitrogen and oxygen atoms in total. The molecule has 0 fully saturated rings. The highest BCUT2D eigenvalue weighted by molar-refractivity contribution is 6.99. The molecule has 2 rings (SSSR count). The van der Waals surface area contributed by atoms with Crippen LogP contribution in [0, 0.1) is 17.6 Å². The second-order valence-corrected chi connectivity index (χ2v) is 3.39. The lowest BCUT2D eigenvalue weighted by Crippen LogP contribution is -2.24. The third-order valence-corrected chi connectivity index (χ3v) is 2.31. The van der Waals surface area contributed by atoms with Gasteiger partial charge in [0, 0.05) is 6.07 Å². The largest absolute Gasteiger partial charge is 0.619 e. The van der Waals surface area contributed by atoms with E-state index in [0.29, 0.717) is 21.9 Å². The van der Waals surface area contributed by atoms with Crippen LogP contribution in [0.3, 0.4) is 0 Å². The van der Waals surface area contributed by atoms with E-state index in [4.69, 9.17) is 11.2 Å². The fraction of sp³-hybridized carbons (Fsp3) is 0.100. The highest BCUT2D eigenvalue weighted by Crippen LogP contribution is 2.26. The smallest absolute Gasteiger partial charge is 0.255 e. The predicted molar refractivity (Wildman–Crippen MR) is 58.6 cm³/mol. The molecule has 0 aliphatic heterocycles. The fourth-order valence-electron chi connectivity index (χ4n) is 1.16. The van der Waals surface area contributed by atoms with Crippen molar-refractivity contribution in [3.05, 3.63) is 29.7 Å². The molecule has 0 saturated heterocycles. The van der Waals surface area contributed by atoms with Crippen LogP contribution in [-0.4, -0.2) is 15.4 Å². The molecule has 0 bridgehead atoms. The molecule has 0 saturated carbocycles. The first kappa shape index (κ1) is 10.4. The minimum Gasteiger partial charge on any atom is -0.619 e. The fourth-order valence-corrected chi connectivity index (χ4v) is 1.68. The zero-order chi connectivity index (χ0) is 11.4. The Labute approximate surface area is 96.2 Å². The average Bonchev–Trinajstić information content (AvgIpc) is 2.74. The number of rotatable bonds is 3. The number of pyridine rings is 1. The minimum atomic E-state index is 0.128. The molecule has 16 heavy (non-hydrogen) atoms. The van der Waals surface area contributed by atoms with Crippen LogP contribution in [0.15, 0.2) is 24.5 Å². The molecule has 80 valence electrons. The molecule has 0 spiro atoms. The summed E-state index contributed by atoms with van der Waals surface area (Å²) in [5, 5.41) is 11.1. The number of terminal acetylenes is 1. The van der Waals surface area contributed by atoms with Gasteiger partial charge < -0.3 is 9.94 Å². The van der Waals surface area contributed by atoms with Gasteiger partial charge in [-0.2, -0.15) is 9.10 Å². The molecule has 6 heteroatoms. The molecular weight excluding hydrogens is 226 g/mol. The topological polar surface area (TPSA) is 62.0 Å². The van der Waals surface area contributed by atoms with Gasteiger partial charge in [0.15, 0.2) is 24.7 Å². The Morgan fingerprint density at radius 3 is 3.19 bits per heavy atom. The van der Waals surface area contributed by atoms with Crippen LogP contribution in [0.1, 0.15) is 0 Å². The number of aromatic nitrogens is 3. The minimum absolute atomic E-state index is 0.128. The Kier molecular flexibility index (Phi) is 2.98. The Morgan fingerprint density at radius 1 is 1.56 bits per heavy atom. The third kappa shape index (κ3) is 2.10. The van der Waals surface area contributed by atoms with Crippen molar-refractivity contribution in [3.8, 4) is 29.5 Å². The summed E-state index contributed by atoms with van der Waals surface area (Å²) in [6, 6.07) is 3.39. The Hall–Kier alpha value is -2.13.